The number of carbonyl (C=O) groups is 3. The van der Waals surface area contributed by atoms with Crippen molar-refractivity contribution in [1.29, 1.82) is 0 Å². The number of fused-ring (bicyclic) bond motifs is 4. The Labute approximate surface area is 228 Å². The molecule has 0 aliphatic carbocycles. The van der Waals surface area contributed by atoms with E-state index in [0.717, 1.165) is 41.7 Å². The number of ether oxygens (including phenoxy) is 1. The molecule has 2 aromatic carbocycles. The molecule has 2 aliphatic heterocycles. The van der Waals surface area contributed by atoms with Crippen molar-refractivity contribution >= 4 is 17.7 Å². The molecule has 1 fully saturated rings. The summed E-state index contributed by atoms with van der Waals surface area (Å²) >= 11 is 0. The van der Waals surface area contributed by atoms with E-state index in [4.69, 9.17) is 10.3 Å². The highest BCUT2D eigenvalue weighted by molar-refractivity contribution is 5.92. The second kappa shape index (κ2) is 13.7. The highest BCUT2D eigenvalue weighted by atomic mass is 16.5. The zero-order valence-corrected chi connectivity index (χ0v) is 22.3. The summed E-state index contributed by atoms with van der Waals surface area (Å²) in [6.45, 7) is 3.95. The van der Waals surface area contributed by atoms with E-state index in [2.05, 4.69) is 20.7 Å². The molecule has 39 heavy (non-hydrogen) atoms. The SMILES string of the molecule is Cc1ccc2cc1CNC(=O)[C@H](CCc1ccccc1)NC(=O)[C@@H](N=[N+]=[N-])CC(=O)N1CCCC(CCO2)C1. The van der Waals surface area contributed by atoms with Crippen LogP contribution in [0.15, 0.2) is 53.6 Å². The highest BCUT2D eigenvalue weighted by Gasteiger charge is 2.30. The maximum absolute atomic E-state index is 13.3. The highest BCUT2D eigenvalue weighted by Crippen LogP contribution is 2.23. The van der Waals surface area contributed by atoms with Gasteiger partial charge in [-0.2, -0.15) is 0 Å². The number of nitrogens with one attached hydrogen (secondary N) is 2. The quantitative estimate of drug-likeness (QED) is 0.351. The van der Waals surface area contributed by atoms with E-state index in [0.29, 0.717) is 38.5 Å². The summed E-state index contributed by atoms with van der Waals surface area (Å²) in [5.41, 5.74) is 12.1. The zero-order chi connectivity index (χ0) is 27.6. The number of hydrogen-bond donors (Lipinski definition) is 2. The largest absolute Gasteiger partial charge is 0.494 e. The number of aryl methyl sites for hydroxylation is 2. The van der Waals surface area contributed by atoms with Crippen LogP contribution < -0.4 is 15.4 Å². The van der Waals surface area contributed by atoms with Crippen LogP contribution in [0.3, 0.4) is 0 Å². The van der Waals surface area contributed by atoms with Gasteiger partial charge in [0.2, 0.25) is 17.7 Å². The first-order valence-electron chi connectivity index (χ1n) is 13.6. The number of piperidine rings is 1. The molecule has 0 spiro atoms. The predicted molar refractivity (Wildman–Crippen MR) is 147 cm³/mol. The van der Waals surface area contributed by atoms with Crippen LogP contribution in [-0.4, -0.2) is 54.4 Å². The molecule has 3 amide bonds. The van der Waals surface area contributed by atoms with Crippen LogP contribution in [-0.2, 0) is 27.3 Å². The first-order valence-corrected chi connectivity index (χ1v) is 13.6. The van der Waals surface area contributed by atoms with Gasteiger partial charge in [-0.15, -0.1) is 0 Å². The van der Waals surface area contributed by atoms with E-state index in [1.807, 2.05) is 55.5 Å². The van der Waals surface area contributed by atoms with Gasteiger partial charge >= 0.3 is 0 Å². The smallest absolute Gasteiger partial charge is 0.242 e. The Hall–Kier alpha value is -4.04. The van der Waals surface area contributed by atoms with E-state index in [9.17, 15) is 14.4 Å². The van der Waals surface area contributed by atoms with Gasteiger partial charge in [0.25, 0.3) is 0 Å². The lowest BCUT2D eigenvalue weighted by atomic mass is 9.94. The second-order valence-electron chi connectivity index (χ2n) is 10.3. The van der Waals surface area contributed by atoms with Crippen molar-refractivity contribution in [2.75, 3.05) is 19.7 Å². The summed E-state index contributed by atoms with van der Waals surface area (Å²) < 4.78 is 6.04. The molecule has 0 radical (unpaired) electrons. The topological polar surface area (TPSA) is 136 Å². The third-order valence-electron chi connectivity index (χ3n) is 7.50. The standard InChI is InChI=1S/C29H36N6O4/c1-20-9-11-24-16-23(20)18-31-28(37)25(12-10-21-6-3-2-4-7-21)32-29(38)26(33-34-30)17-27(36)35-14-5-8-22(19-35)13-15-39-24/h2-4,6-7,9,11,16,22,25-26H,5,8,10,12-15,17-19H2,1H3,(H,31,37)(H,32,38)/t22?,25-,26-/m0/s1. The van der Waals surface area contributed by atoms with Crippen molar-refractivity contribution in [2.45, 2.75) is 64.1 Å². The van der Waals surface area contributed by atoms with Crippen molar-refractivity contribution in [2.24, 2.45) is 11.0 Å². The molecule has 4 bridgehead atoms. The minimum Gasteiger partial charge on any atom is -0.494 e. The Morgan fingerprint density at radius 1 is 1.10 bits per heavy atom. The summed E-state index contributed by atoms with van der Waals surface area (Å²) in [5.74, 6) is -0.185. The number of amides is 3. The minimum atomic E-state index is -1.24. The van der Waals surface area contributed by atoms with E-state index >= 15 is 0 Å². The Balaban J connectivity index is 1.58. The molecule has 10 nitrogen and oxygen atoms in total. The molecule has 1 saturated heterocycles. The average Bonchev–Trinajstić information content (AvgIpc) is 2.95. The maximum atomic E-state index is 13.3. The molecule has 2 aromatic rings. The average molecular weight is 533 g/mol. The minimum absolute atomic E-state index is 0.234. The lowest BCUT2D eigenvalue weighted by molar-refractivity contribution is -0.136. The number of carbonyl (C=O) groups excluding carboxylic acids is 3. The number of benzene rings is 2. The number of azide groups is 1. The molecule has 10 heteroatoms. The van der Waals surface area contributed by atoms with Crippen molar-refractivity contribution in [3.05, 3.63) is 75.7 Å². The van der Waals surface area contributed by atoms with E-state index < -0.39 is 18.0 Å². The van der Waals surface area contributed by atoms with Gasteiger partial charge in [0.1, 0.15) is 17.8 Å². The summed E-state index contributed by atoms with van der Waals surface area (Å²) in [4.78, 5) is 44.2. The molecule has 2 aliphatic rings. The second-order valence-corrected chi connectivity index (χ2v) is 10.3. The molecular weight excluding hydrogens is 496 g/mol. The Morgan fingerprint density at radius 2 is 1.92 bits per heavy atom. The van der Waals surface area contributed by atoms with E-state index in [1.165, 1.54) is 0 Å². The van der Waals surface area contributed by atoms with Gasteiger partial charge in [-0.05, 0) is 79.3 Å². The zero-order valence-electron chi connectivity index (χ0n) is 22.3. The third kappa shape index (κ3) is 7.97. The third-order valence-corrected chi connectivity index (χ3v) is 7.50. The van der Waals surface area contributed by atoms with Crippen LogP contribution in [0.1, 0.15) is 48.8 Å². The van der Waals surface area contributed by atoms with Crippen LogP contribution in [0, 0.1) is 12.8 Å². The van der Waals surface area contributed by atoms with Gasteiger partial charge in [0.05, 0.1) is 6.61 Å². The molecular formula is C29H36N6O4. The van der Waals surface area contributed by atoms with Crippen LogP contribution in [0.5, 0.6) is 5.75 Å². The molecule has 206 valence electrons. The molecule has 2 N–H and O–H groups in total. The molecule has 0 saturated carbocycles. The van der Waals surface area contributed by atoms with E-state index in [1.54, 1.807) is 4.90 Å². The van der Waals surface area contributed by atoms with Crippen molar-refractivity contribution in [1.82, 2.24) is 15.5 Å². The Morgan fingerprint density at radius 3 is 2.72 bits per heavy atom. The fourth-order valence-corrected chi connectivity index (χ4v) is 5.14. The Bertz CT molecular complexity index is 1210. The van der Waals surface area contributed by atoms with Crippen LogP contribution in [0.4, 0.5) is 0 Å². The number of hydrogen-bond acceptors (Lipinski definition) is 5. The predicted octanol–water partition coefficient (Wildman–Crippen LogP) is 3.82. The van der Waals surface area contributed by atoms with Gasteiger partial charge in [0.15, 0.2) is 0 Å². The van der Waals surface area contributed by atoms with Gasteiger partial charge in [-0.3, -0.25) is 14.4 Å². The first-order chi connectivity index (χ1) is 18.9. The van der Waals surface area contributed by atoms with Gasteiger partial charge in [0, 0.05) is 31.0 Å². The van der Waals surface area contributed by atoms with Crippen LogP contribution in [0.25, 0.3) is 10.4 Å². The van der Waals surface area contributed by atoms with Gasteiger partial charge in [-0.1, -0.05) is 41.5 Å². The number of rotatable bonds is 4. The van der Waals surface area contributed by atoms with E-state index in [-0.39, 0.29) is 24.8 Å². The van der Waals surface area contributed by atoms with Crippen molar-refractivity contribution < 1.29 is 19.1 Å². The summed E-state index contributed by atoms with van der Waals surface area (Å²) in [7, 11) is 0. The fraction of sp³-hybridized carbons (Fsp3) is 0.483. The summed E-state index contributed by atoms with van der Waals surface area (Å²) in [6.07, 6.45) is 3.33. The molecule has 0 aromatic heterocycles. The van der Waals surface area contributed by atoms with Gasteiger partial charge in [-0.25, -0.2) is 0 Å². The van der Waals surface area contributed by atoms with Crippen LogP contribution in [0.2, 0.25) is 0 Å². The van der Waals surface area contributed by atoms with Gasteiger partial charge < -0.3 is 20.3 Å². The molecule has 2 heterocycles. The lowest BCUT2D eigenvalue weighted by Gasteiger charge is -2.33. The maximum Gasteiger partial charge on any atom is 0.242 e. The normalized spacial score (nSPS) is 22.8. The number of nitrogens with zero attached hydrogens (tertiary/aromatic N) is 4. The van der Waals surface area contributed by atoms with Crippen molar-refractivity contribution in [3.63, 3.8) is 0 Å². The molecule has 4 rings (SSSR count). The first kappa shape index (κ1) is 28.0. The van der Waals surface area contributed by atoms with Crippen LogP contribution >= 0.6 is 0 Å². The Kier molecular flexibility index (Phi) is 9.80. The van der Waals surface area contributed by atoms with Crippen molar-refractivity contribution in [3.8, 4) is 5.75 Å². The molecule has 3 atom stereocenters. The monoisotopic (exact) mass is 532 g/mol. The lowest BCUT2D eigenvalue weighted by Crippen LogP contribution is -2.50. The summed E-state index contributed by atoms with van der Waals surface area (Å²) in [6, 6.07) is 13.4. The molecule has 1 unspecified atom stereocenters. The summed E-state index contributed by atoms with van der Waals surface area (Å²) in [5, 5.41) is 9.33. The fourth-order valence-electron chi connectivity index (χ4n) is 5.14.